The molecular formula is C8H16N2O. The molecule has 3 nitrogen and oxygen atoms in total. The first kappa shape index (κ1) is 10.4. The van der Waals surface area contributed by atoms with Crippen LogP contribution < -0.4 is 5.32 Å². The molecule has 0 unspecified atom stereocenters. The van der Waals surface area contributed by atoms with E-state index in [1.807, 2.05) is 19.9 Å². The van der Waals surface area contributed by atoms with Gasteiger partial charge >= 0.3 is 0 Å². The van der Waals surface area contributed by atoms with Crippen LogP contribution in [0.4, 0.5) is 0 Å². The van der Waals surface area contributed by atoms with Gasteiger partial charge in [0.1, 0.15) is 0 Å². The summed E-state index contributed by atoms with van der Waals surface area (Å²) < 4.78 is 0. The summed E-state index contributed by atoms with van der Waals surface area (Å²) in [4.78, 5) is 0. The molecule has 0 saturated heterocycles. The lowest BCUT2D eigenvalue weighted by molar-refractivity contribution is 0.0336. The minimum absolute atomic E-state index is 0.308. The summed E-state index contributed by atoms with van der Waals surface area (Å²) in [5.74, 6) is 0. The van der Waals surface area contributed by atoms with E-state index in [1.54, 1.807) is 0 Å². The van der Waals surface area contributed by atoms with Gasteiger partial charge in [0.25, 0.3) is 0 Å². The molecule has 0 fully saturated rings. The maximum absolute atomic E-state index is 9.68. The highest BCUT2D eigenvalue weighted by atomic mass is 16.3. The van der Waals surface area contributed by atoms with Gasteiger partial charge in [-0.25, -0.2) is 0 Å². The standard InChI is InChI=1S/C8H16N2O/c1-3-8(11,4-2)7-10-6-5-9/h10-11H,3-4,6-7H2,1-2H3. The first-order valence-electron chi connectivity index (χ1n) is 3.98. The van der Waals surface area contributed by atoms with E-state index in [0.29, 0.717) is 13.1 Å². The average molecular weight is 156 g/mol. The monoisotopic (exact) mass is 156 g/mol. The third-order valence-corrected chi connectivity index (χ3v) is 1.97. The van der Waals surface area contributed by atoms with E-state index in [2.05, 4.69) is 5.32 Å². The molecular weight excluding hydrogens is 140 g/mol. The summed E-state index contributed by atoms with van der Waals surface area (Å²) in [6.07, 6.45) is 1.45. The first-order valence-corrected chi connectivity index (χ1v) is 3.98. The largest absolute Gasteiger partial charge is 0.389 e. The van der Waals surface area contributed by atoms with Crippen molar-refractivity contribution in [2.75, 3.05) is 13.1 Å². The Morgan fingerprint density at radius 1 is 1.45 bits per heavy atom. The van der Waals surface area contributed by atoms with Crippen LogP contribution in [0, 0.1) is 11.3 Å². The fraction of sp³-hybridized carbons (Fsp3) is 0.875. The quantitative estimate of drug-likeness (QED) is 0.454. The minimum atomic E-state index is -0.628. The highest BCUT2D eigenvalue weighted by Crippen LogP contribution is 2.12. The van der Waals surface area contributed by atoms with Crippen molar-refractivity contribution in [3.8, 4) is 6.07 Å². The molecule has 0 amide bonds. The first-order chi connectivity index (χ1) is 5.18. The summed E-state index contributed by atoms with van der Waals surface area (Å²) >= 11 is 0. The van der Waals surface area contributed by atoms with Crippen molar-refractivity contribution in [1.82, 2.24) is 5.32 Å². The fourth-order valence-electron chi connectivity index (χ4n) is 0.851. The molecule has 11 heavy (non-hydrogen) atoms. The summed E-state index contributed by atoms with van der Waals surface area (Å²) in [6, 6.07) is 1.97. The third kappa shape index (κ3) is 3.97. The van der Waals surface area contributed by atoms with Gasteiger partial charge in [0.15, 0.2) is 0 Å². The Bertz CT molecular complexity index is 136. The summed E-state index contributed by atoms with van der Waals surface area (Å²) in [6.45, 7) is 4.70. The van der Waals surface area contributed by atoms with Gasteiger partial charge in [-0.05, 0) is 12.8 Å². The maximum atomic E-state index is 9.68. The lowest BCUT2D eigenvalue weighted by Crippen LogP contribution is -2.39. The number of hydrogen-bond donors (Lipinski definition) is 2. The summed E-state index contributed by atoms with van der Waals surface area (Å²) in [5, 5.41) is 20.8. The molecule has 0 heterocycles. The summed E-state index contributed by atoms with van der Waals surface area (Å²) in [5.41, 5.74) is -0.628. The Morgan fingerprint density at radius 2 is 2.00 bits per heavy atom. The van der Waals surface area contributed by atoms with E-state index >= 15 is 0 Å². The maximum Gasteiger partial charge on any atom is 0.0841 e. The zero-order chi connectivity index (χ0) is 8.74. The van der Waals surface area contributed by atoms with Crippen LogP contribution in [0.3, 0.4) is 0 Å². The SMILES string of the molecule is CCC(O)(CC)CNCC#N. The molecule has 0 radical (unpaired) electrons. The number of nitrogens with one attached hydrogen (secondary N) is 1. The topological polar surface area (TPSA) is 56.0 Å². The van der Waals surface area contributed by atoms with E-state index < -0.39 is 5.60 Å². The molecule has 0 atom stereocenters. The molecule has 0 aromatic carbocycles. The van der Waals surface area contributed by atoms with Crippen molar-refractivity contribution < 1.29 is 5.11 Å². The minimum Gasteiger partial charge on any atom is -0.389 e. The second-order valence-electron chi connectivity index (χ2n) is 2.69. The van der Waals surface area contributed by atoms with Crippen molar-refractivity contribution in [2.24, 2.45) is 0 Å². The fourth-order valence-corrected chi connectivity index (χ4v) is 0.851. The summed E-state index contributed by atoms with van der Waals surface area (Å²) in [7, 11) is 0. The number of aliphatic hydroxyl groups is 1. The van der Waals surface area contributed by atoms with Gasteiger partial charge in [-0.3, -0.25) is 0 Å². The number of nitrogens with zero attached hydrogens (tertiary/aromatic N) is 1. The Morgan fingerprint density at radius 3 is 2.36 bits per heavy atom. The second kappa shape index (κ2) is 5.11. The van der Waals surface area contributed by atoms with Crippen LogP contribution in [-0.4, -0.2) is 23.8 Å². The second-order valence-corrected chi connectivity index (χ2v) is 2.69. The zero-order valence-corrected chi connectivity index (χ0v) is 7.22. The molecule has 0 rings (SSSR count). The molecule has 0 aromatic rings. The molecule has 0 saturated carbocycles. The molecule has 0 bridgehead atoms. The van der Waals surface area contributed by atoms with Gasteiger partial charge in [0.2, 0.25) is 0 Å². The van der Waals surface area contributed by atoms with Gasteiger partial charge < -0.3 is 10.4 Å². The number of nitriles is 1. The zero-order valence-electron chi connectivity index (χ0n) is 7.22. The van der Waals surface area contributed by atoms with Gasteiger partial charge in [0, 0.05) is 6.54 Å². The van der Waals surface area contributed by atoms with Gasteiger partial charge in [-0.15, -0.1) is 0 Å². The van der Waals surface area contributed by atoms with Gasteiger partial charge in [0.05, 0.1) is 18.2 Å². The molecule has 0 aliphatic carbocycles. The van der Waals surface area contributed by atoms with Gasteiger partial charge in [-0.1, -0.05) is 13.8 Å². The van der Waals surface area contributed by atoms with Crippen LogP contribution in [0.25, 0.3) is 0 Å². The Balaban J connectivity index is 3.62. The molecule has 0 aliphatic rings. The van der Waals surface area contributed by atoms with Crippen molar-refractivity contribution >= 4 is 0 Å². The Labute approximate surface area is 68.0 Å². The van der Waals surface area contributed by atoms with Gasteiger partial charge in [-0.2, -0.15) is 5.26 Å². The van der Waals surface area contributed by atoms with Crippen molar-refractivity contribution in [3.05, 3.63) is 0 Å². The van der Waals surface area contributed by atoms with Crippen molar-refractivity contribution in [1.29, 1.82) is 5.26 Å². The smallest absolute Gasteiger partial charge is 0.0841 e. The number of rotatable bonds is 5. The van der Waals surface area contributed by atoms with Crippen molar-refractivity contribution in [2.45, 2.75) is 32.3 Å². The van der Waals surface area contributed by atoms with Crippen LogP contribution in [-0.2, 0) is 0 Å². The lowest BCUT2D eigenvalue weighted by Gasteiger charge is -2.24. The molecule has 64 valence electrons. The van der Waals surface area contributed by atoms with Crippen LogP contribution in [0.2, 0.25) is 0 Å². The normalized spacial score (nSPS) is 11.1. The van der Waals surface area contributed by atoms with Crippen LogP contribution in [0.5, 0.6) is 0 Å². The highest BCUT2D eigenvalue weighted by Gasteiger charge is 2.20. The molecule has 2 N–H and O–H groups in total. The molecule has 0 aliphatic heterocycles. The van der Waals surface area contributed by atoms with E-state index in [9.17, 15) is 5.11 Å². The predicted octanol–water partition coefficient (Wildman–Crippen LogP) is 0.651. The van der Waals surface area contributed by atoms with Crippen molar-refractivity contribution in [3.63, 3.8) is 0 Å². The molecule has 0 spiro atoms. The number of hydrogen-bond acceptors (Lipinski definition) is 3. The molecule has 3 heteroatoms. The van der Waals surface area contributed by atoms with Crippen LogP contribution in [0.15, 0.2) is 0 Å². The Hall–Kier alpha value is -0.590. The van der Waals surface area contributed by atoms with E-state index in [0.717, 1.165) is 12.8 Å². The lowest BCUT2D eigenvalue weighted by atomic mass is 9.98. The van der Waals surface area contributed by atoms with E-state index in [1.165, 1.54) is 0 Å². The third-order valence-electron chi connectivity index (χ3n) is 1.97. The highest BCUT2D eigenvalue weighted by molar-refractivity contribution is 4.81. The average Bonchev–Trinajstić information content (AvgIpc) is 2.05. The van der Waals surface area contributed by atoms with E-state index in [-0.39, 0.29) is 0 Å². The Kier molecular flexibility index (Phi) is 4.84. The molecule has 0 aromatic heterocycles. The predicted molar refractivity (Wildman–Crippen MR) is 44.0 cm³/mol. The van der Waals surface area contributed by atoms with Crippen LogP contribution in [0.1, 0.15) is 26.7 Å². The van der Waals surface area contributed by atoms with Crippen LogP contribution >= 0.6 is 0 Å². The van der Waals surface area contributed by atoms with E-state index in [4.69, 9.17) is 5.26 Å².